The van der Waals surface area contributed by atoms with Crippen LogP contribution in [0.1, 0.15) is 249 Å². The average Bonchev–Trinajstić information content (AvgIpc) is 3.56. The molecule has 0 spiro atoms. The third kappa shape index (κ3) is 27.7. The Kier molecular flexibility index (Phi) is 39.0. The van der Waals surface area contributed by atoms with Crippen molar-refractivity contribution in [3.63, 3.8) is 0 Å². The van der Waals surface area contributed by atoms with Crippen molar-refractivity contribution >= 4 is 11.4 Å². The van der Waals surface area contributed by atoms with Crippen LogP contribution in [0.15, 0.2) is 60.2 Å². The second kappa shape index (κ2) is 40.4. The second-order valence-electron chi connectivity index (χ2n) is 17.0. The van der Waals surface area contributed by atoms with Gasteiger partial charge in [0.2, 0.25) is 11.4 Å². The molecule has 0 unspecified atom stereocenters. The Morgan fingerprint density at radius 3 is 1.29 bits per heavy atom. The second-order valence-corrected chi connectivity index (χ2v) is 17.0. The summed E-state index contributed by atoms with van der Waals surface area (Å²) in [6.07, 6.45) is 45.6. The Balaban J connectivity index is 0.000000904. The van der Waals surface area contributed by atoms with Crippen molar-refractivity contribution in [3.8, 4) is 0 Å². The van der Waals surface area contributed by atoms with Crippen LogP contribution in [-0.4, -0.2) is 4.70 Å². The van der Waals surface area contributed by atoms with Gasteiger partial charge in [0.25, 0.3) is 0 Å². The molecule has 0 radical (unpaired) electrons. The Morgan fingerprint density at radius 1 is 0.466 bits per heavy atom. The van der Waals surface area contributed by atoms with Gasteiger partial charge in [-0.3, -0.25) is 0 Å². The summed E-state index contributed by atoms with van der Waals surface area (Å²) in [5.41, 5.74) is 18.8. The maximum atomic E-state index is 11.1. The number of benzene rings is 2. The van der Waals surface area contributed by atoms with Crippen LogP contribution in [0.4, 0.5) is 0 Å². The first-order valence-electron chi connectivity index (χ1n) is 24.7. The molecule has 0 N–H and O–H groups in total. The maximum absolute atomic E-state index is 11.1. The van der Waals surface area contributed by atoms with E-state index >= 15 is 0 Å². The van der Waals surface area contributed by atoms with Crippen LogP contribution in [0, 0.1) is 20.8 Å². The summed E-state index contributed by atoms with van der Waals surface area (Å²) < 4.78 is 1.40. The van der Waals surface area contributed by atoms with Crippen molar-refractivity contribution in [2.75, 3.05) is 0 Å². The summed E-state index contributed by atoms with van der Waals surface area (Å²) in [4.78, 5) is 0. The number of hydrogen-bond donors (Lipinski definition) is 0. The van der Waals surface area contributed by atoms with Crippen molar-refractivity contribution in [3.05, 3.63) is 102 Å². The van der Waals surface area contributed by atoms with Gasteiger partial charge in [0.15, 0.2) is 0 Å². The third-order valence-corrected chi connectivity index (χ3v) is 11.4. The first-order valence-corrected chi connectivity index (χ1v) is 24.7. The normalized spacial score (nSPS) is 12.1. The average molecular weight is 840 g/mol. The van der Waals surface area contributed by atoms with E-state index in [0.717, 1.165) is 61.0 Å². The maximum Gasteiger partial charge on any atom is 2.00 e. The van der Waals surface area contributed by atoms with Gasteiger partial charge in [-0.15, -0.1) is 0 Å². The molecule has 58 heavy (non-hydrogen) atoms. The summed E-state index contributed by atoms with van der Waals surface area (Å²) in [6.45, 7) is 18.8. The van der Waals surface area contributed by atoms with Crippen molar-refractivity contribution in [2.45, 2.75) is 240 Å². The number of unbranched alkanes of at least 4 members (excludes halogenated alkanes) is 26. The fourth-order valence-electron chi connectivity index (χ4n) is 7.72. The molecule has 0 fully saturated rings. The van der Waals surface area contributed by atoms with Gasteiger partial charge in [-0.25, -0.2) is 4.70 Å². The summed E-state index contributed by atoms with van der Waals surface area (Å²) in [5.74, 6) is 0. The largest absolute Gasteiger partial charge is 2.00 e. The fourth-order valence-corrected chi connectivity index (χ4v) is 7.72. The SMILES string of the molecule is CCCCC1=C(c2cccc(CCCC)c2)[N+](=[N-])C(c2cccc(C)c2)=C1.[CH2-]CCCCCCCCCCCCCC.[CH2-]CCCCCCCCCCCCCC.[Ni+2]. The molecular weight excluding hydrogens is 747 g/mol. The molecule has 0 saturated heterocycles. The van der Waals surface area contributed by atoms with Gasteiger partial charge >= 0.3 is 16.5 Å². The Labute approximate surface area is 372 Å². The molecule has 0 atom stereocenters. The minimum Gasteiger partial charge on any atom is -0.493 e. The molecule has 0 saturated carbocycles. The van der Waals surface area contributed by atoms with Crippen LogP contribution in [-0.2, 0) is 22.9 Å². The van der Waals surface area contributed by atoms with E-state index in [4.69, 9.17) is 0 Å². The van der Waals surface area contributed by atoms with Gasteiger partial charge in [0.05, 0.1) is 0 Å². The summed E-state index contributed by atoms with van der Waals surface area (Å²) in [7, 11) is 0. The molecule has 1 aliphatic heterocycles. The van der Waals surface area contributed by atoms with Gasteiger partial charge in [-0.1, -0.05) is 224 Å². The molecule has 0 aromatic heterocycles. The van der Waals surface area contributed by atoms with Crippen LogP contribution in [0.3, 0.4) is 0 Å². The monoisotopic (exact) mass is 839 g/mol. The third-order valence-electron chi connectivity index (χ3n) is 11.4. The van der Waals surface area contributed by atoms with E-state index in [0.29, 0.717) is 0 Å². The van der Waals surface area contributed by atoms with E-state index < -0.39 is 0 Å². The minimum atomic E-state index is 0. The zero-order valence-corrected chi connectivity index (χ0v) is 39.9. The summed E-state index contributed by atoms with van der Waals surface area (Å²) >= 11 is 0. The molecule has 0 bridgehead atoms. The smallest absolute Gasteiger partial charge is 0.493 e. The van der Waals surface area contributed by atoms with Crippen molar-refractivity contribution in [2.24, 2.45) is 0 Å². The van der Waals surface area contributed by atoms with E-state index in [1.54, 1.807) is 0 Å². The molecule has 2 aromatic rings. The number of allylic oxidation sites excluding steroid dienone is 2. The van der Waals surface area contributed by atoms with Crippen LogP contribution in [0.5, 0.6) is 0 Å². The zero-order valence-electron chi connectivity index (χ0n) is 38.9. The Hall–Kier alpha value is -1.99. The predicted octanol–water partition coefficient (Wildman–Crippen LogP) is 19.1. The van der Waals surface area contributed by atoms with E-state index in [1.807, 2.05) is 0 Å². The predicted molar refractivity (Wildman–Crippen MR) is 256 cm³/mol. The molecule has 0 aliphatic carbocycles. The van der Waals surface area contributed by atoms with Crippen LogP contribution >= 0.6 is 0 Å². The molecule has 2 nitrogen and oxygen atoms in total. The van der Waals surface area contributed by atoms with Crippen LogP contribution in [0.2, 0.25) is 0 Å². The first-order chi connectivity index (χ1) is 28.0. The van der Waals surface area contributed by atoms with Gasteiger partial charge in [-0.05, 0) is 62.4 Å². The summed E-state index contributed by atoms with van der Waals surface area (Å²) in [5, 5.41) is 0. The molecule has 3 rings (SSSR count). The van der Waals surface area contributed by atoms with Gasteiger partial charge in [-0.2, -0.15) is 12.8 Å². The van der Waals surface area contributed by atoms with Gasteiger partial charge < -0.3 is 19.4 Å². The number of aryl methyl sites for hydroxylation is 2. The first kappa shape index (κ1) is 56.0. The number of nitrogens with zero attached hydrogens (tertiary/aromatic N) is 2. The molecule has 1 aliphatic rings. The number of rotatable bonds is 32. The van der Waals surface area contributed by atoms with Crippen molar-refractivity contribution in [1.29, 1.82) is 0 Å². The topological polar surface area (TPSA) is 25.3 Å². The zero-order chi connectivity index (χ0) is 41.6. The Bertz CT molecular complexity index is 1260. The molecule has 1 heterocycles. The molecular formula is C55H92N2Ni. The van der Waals surface area contributed by atoms with E-state index in [1.165, 1.54) is 188 Å². The number of hydrogen-bond acceptors (Lipinski definition) is 0. The van der Waals surface area contributed by atoms with Crippen LogP contribution < -0.4 is 0 Å². The van der Waals surface area contributed by atoms with Crippen molar-refractivity contribution in [1.82, 2.24) is 0 Å². The molecule has 0 amide bonds. The summed E-state index contributed by atoms with van der Waals surface area (Å²) in [6, 6.07) is 17.0. The van der Waals surface area contributed by atoms with Gasteiger partial charge in [0.1, 0.15) is 0 Å². The molecule has 2 aromatic carbocycles. The van der Waals surface area contributed by atoms with Gasteiger partial charge in [0, 0.05) is 22.8 Å². The Morgan fingerprint density at radius 2 is 0.862 bits per heavy atom. The quantitative estimate of drug-likeness (QED) is 0.0304. The fraction of sp³-hybridized carbons (Fsp3) is 0.673. The van der Waals surface area contributed by atoms with Crippen molar-refractivity contribution < 1.29 is 21.2 Å². The van der Waals surface area contributed by atoms with E-state index in [-0.39, 0.29) is 16.5 Å². The standard InChI is InChI=1S/C25H30N2.2C15H31.Ni/c1-4-6-11-20-12-9-15-22(17-20)25-23(13-7-5-2)18-24(27(25)26)21-14-8-10-19(3)16-21;2*1-3-5-7-9-11-13-15-14-12-10-8-6-4-2;/h8-10,12,14-18H,4-7,11,13H2,1-3H3;2*1,3-15H2,2H3;/q;2*-1;+2. The molecule has 332 valence electrons. The van der Waals surface area contributed by atoms with E-state index in [9.17, 15) is 5.53 Å². The molecule has 3 heteroatoms. The van der Waals surface area contributed by atoms with Crippen LogP contribution in [0.25, 0.3) is 16.9 Å². The minimum absolute atomic E-state index is 0. The van der Waals surface area contributed by atoms with E-state index in [2.05, 4.69) is 103 Å².